The SMILES string of the molecule is COc1ccc([C@@H]2CC(c3cccs3)=NN2C(=O)CN(CCN2CCOCC2)C(=O)c2cccc(F)c2)cc1. The van der Waals surface area contributed by atoms with E-state index in [1.807, 2.05) is 41.8 Å². The van der Waals surface area contributed by atoms with Crippen molar-refractivity contribution in [3.63, 3.8) is 0 Å². The second-order valence-electron chi connectivity index (χ2n) is 9.45. The maximum atomic E-state index is 14.0. The fraction of sp³-hybridized carbons (Fsp3) is 0.345. The van der Waals surface area contributed by atoms with Gasteiger partial charge in [0.15, 0.2) is 0 Å². The lowest BCUT2D eigenvalue weighted by atomic mass is 10.0. The molecule has 10 heteroatoms. The number of hydrogen-bond donors (Lipinski definition) is 0. The van der Waals surface area contributed by atoms with Crippen LogP contribution in [0.25, 0.3) is 0 Å². The van der Waals surface area contributed by atoms with E-state index in [2.05, 4.69) is 4.90 Å². The minimum Gasteiger partial charge on any atom is -0.497 e. The molecule has 0 aliphatic carbocycles. The van der Waals surface area contributed by atoms with E-state index in [1.54, 1.807) is 24.5 Å². The van der Waals surface area contributed by atoms with Crippen LogP contribution in [-0.2, 0) is 9.53 Å². The summed E-state index contributed by atoms with van der Waals surface area (Å²) in [5.41, 5.74) is 1.96. The minimum atomic E-state index is -0.496. The standard InChI is InChI=1S/C29H31FN4O4S/c1-37-24-9-7-21(8-10-24)26-19-25(27-6-3-17-39-27)31-34(26)28(35)20-33(12-11-32-13-15-38-16-14-32)29(36)22-4-2-5-23(30)18-22/h2-10,17-18,26H,11-16,19-20H2,1H3/t26-/m0/s1. The number of carbonyl (C=O) groups excluding carboxylic acids is 2. The van der Waals surface area contributed by atoms with E-state index >= 15 is 0 Å². The Kier molecular flexibility index (Phi) is 8.65. The van der Waals surface area contributed by atoms with Gasteiger partial charge in [0, 0.05) is 38.2 Å². The predicted molar refractivity (Wildman–Crippen MR) is 148 cm³/mol. The minimum absolute atomic E-state index is 0.173. The Hall–Kier alpha value is -3.60. The third-order valence-electron chi connectivity index (χ3n) is 6.95. The van der Waals surface area contributed by atoms with Gasteiger partial charge in [0.1, 0.15) is 18.1 Å². The molecular weight excluding hydrogens is 519 g/mol. The van der Waals surface area contributed by atoms with Gasteiger partial charge in [-0.15, -0.1) is 11.3 Å². The normalized spacial score (nSPS) is 17.6. The molecule has 0 saturated carbocycles. The van der Waals surface area contributed by atoms with Gasteiger partial charge in [-0.2, -0.15) is 5.10 Å². The van der Waals surface area contributed by atoms with E-state index < -0.39 is 11.7 Å². The molecule has 1 aromatic heterocycles. The molecule has 8 nitrogen and oxygen atoms in total. The van der Waals surface area contributed by atoms with Crippen molar-refractivity contribution in [3.05, 3.63) is 87.9 Å². The highest BCUT2D eigenvalue weighted by Gasteiger charge is 2.35. The zero-order valence-electron chi connectivity index (χ0n) is 21.8. The number of nitrogens with zero attached hydrogens (tertiary/aromatic N) is 4. The highest BCUT2D eigenvalue weighted by Crippen LogP contribution is 2.34. The lowest BCUT2D eigenvalue weighted by Gasteiger charge is -2.31. The number of hydrogen-bond acceptors (Lipinski definition) is 7. The smallest absolute Gasteiger partial charge is 0.262 e. The van der Waals surface area contributed by atoms with Crippen molar-refractivity contribution in [1.82, 2.24) is 14.8 Å². The summed E-state index contributed by atoms with van der Waals surface area (Å²) in [5, 5.41) is 8.21. The Balaban J connectivity index is 1.39. The molecule has 3 aromatic rings. The fourth-order valence-corrected chi connectivity index (χ4v) is 5.52. The van der Waals surface area contributed by atoms with Gasteiger partial charge in [0.05, 0.1) is 37.0 Å². The van der Waals surface area contributed by atoms with E-state index in [0.29, 0.717) is 32.7 Å². The number of amides is 2. The summed E-state index contributed by atoms with van der Waals surface area (Å²) in [4.78, 5) is 32.0. The summed E-state index contributed by atoms with van der Waals surface area (Å²) in [7, 11) is 1.61. The van der Waals surface area contributed by atoms with Gasteiger partial charge in [-0.25, -0.2) is 9.40 Å². The van der Waals surface area contributed by atoms with E-state index in [4.69, 9.17) is 14.6 Å². The van der Waals surface area contributed by atoms with E-state index in [-0.39, 0.29) is 24.1 Å². The highest BCUT2D eigenvalue weighted by atomic mass is 32.1. The molecule has 5 rings (SSSR count). The van der Waals surface area contributed by atoms with Crippen molar-refractivity contribution in [2.45, 2.75) is 12.5 Å². The second-order valence-corrected chi connectivity index (χ2v) is 10.4. The fourth-order valence-electron chi connectivity index (χ4n) is 4.80. The molecule has 204 valence electrons. The van der Waals surface area contributed by atoms with Crippen LogP contribution >= 0.6 is 11.3 Å². The average molecular weight is 551 g/mol. The molecule has 3 heterocycles. The molecule has 0 N–H and O–H groups in total. The van der Waals surface area contributed by atoms with Crippen molar-refractivity contribution < 1.29 is 23.5 Å². The average Bonchev–Trinajstić information content (AvgIpc) is 3.66. The Morgan fingerprint density at radius 1 is 1.13 bits per heavy atom. The van der Waals surface area contributed by atoms with Crippen LogP contribution in [0, 0.1) is 5.82 Å². The molecule has 2 aromatic carbocycles. The van der Waals surface area contributed by atoms with E-state index in [9.17, 15) is 14.0 Å². The van der Waals surface area contributed by atoms with Crippen LogP contribution in [0.5, 0.6) is 5.75 Å². The number of morpholine rings is 1. The van der Waals surface area contributed by atoms with Crippen LogP contribution in [0.4, 0.5) is 4.39 Å². The number of methoxy groups -OCH3 is 1. The number of rotatable bonds is 9. The van der Waals surface area contributed by atoms with Gasteiger partial charge < -0.3 is 14.4 Å². The van der Waals surface area contributed by atoms with Crippen LogP contribution in [-0.4, -0.2) is 85.4 Å². The number of ether oxygens (including phenoxy) is 2. The quantitative estimate of drug-likeness (QED) is 0.402. The number of hydrazone groups is 1. The van der Waals surface area contributed by atoms with Crippen molar-refractivity contribution in [2.75, 3.05) is 53.0 Å². The molecule has 2 amide bonds. The zero-order valence-corrected chi connectivity index (χ0v) is 22.6. The first kappa shape index (κ1) is 27.0. The second kappa shape index (κ2) is 12.5. The summed E-state index contributed by atoms with van der Waals surface area (Å²) >= 11 is 1.57. The summed E-state index contributed by atoms with van der Waals surface area (Å²) in [5.74, 6) is -0.457. The number of thiophene rings is 1. The number of carbonyl (C=O) groups is 2. The molecule has 1 fully saturated rings. The molecule has 0 radical (unpaired) electrons. The summed E-state index contributed by atoms with van der Waals surface area (Å²) in [6, 6.07) is 16.8. The maximum Gasteiger partial charge on any atom is 0.262 e. The lowest BCUT2D eigenvalue weighted by molar-refractivity contribution is -0.133. The third kappa shape index (κ3) is 6.52. The molecule has 0 spiro atoms. The first-order valence-corrected chi connectivity index (χ1v) is 13.8. The molecule has 1 atom stereocenters. The van der Waals surface area contributed by atoms with Gasteiger partial charge in [-0.05, 0) is 47.3 Å². The van der Waals surface area contributed by atoms with Crippen LogP contribution in [0.1, 0.15) is 33.3 Å². The van der Waals surface area contributed by atoms with Crippen LogP contribution in [0.2, 0.25) is 0 Å². The van der Waals surface area contributed by atoms with Gasteiger partial charge >= 0.3 is 0 Å². The van der Waals surface area contributed by atoms with Crippen LogP contribution in [0.3, 0.4) is 0 Å². The summed E-state index contributed by atoms with van der Waals surface area (Å²) < 4.78 is 24.7. The van der Waals surface area contributed by atoms with Crippen molar-refractivity contribution in [2.24, 2.45) is 5.10 Å². The Bertz CT molecular complexity index is 1310. The van der Waals surface area contributed by atoms with Crippen LogP contribution < -0.4 is 4.74 Å². The highest BCUT2D eigenvalue weighted by molar-refractivity contribution is 7.12. The predicted octanol–water partition coefficient (Wildman–Crippen LogP) is 4.05. The van der Waals surface area contributed by atoms with Crippen molar-refractivity contribution in [3.8, 4) is 5.75 Å². The molecular formula is C29H31FN4O4S. The molecule has 0 bridgehead atoms. The monoisotopic (exact) mass is 550 g/mol. The Labute approximate surface area is 231 Å². The molecule has 0 unspecified atom stereocenters. The van der Waals surface area contributed by atoms with Crippen molar-refractivity contribution in [1.29, 1.82) is 0 Å². The molecule has 39 heavy (non-hydrogen) atoms. The number of benzene rings is 2. The maximum absolute atomic E-state index is 14.0. The van der Waals surface area contributed by atoms with Crippen LogP contribution in [0.15, 0.2) is 71.1 Å². The van der Waals surface area contributed by atoms with Crippen molar-refractivity contribution >= 4 is 28.9 Å². The zero-order chi connectivity index (χ0) is 27.2. The van der Waals surface area contributed by atoms with E-state index in [0.717, 1.165) is 35.0 Å². The topological polar surface area (TPSA) is 74.7 Å². The third-order valence-corrected chi connectivity index (χ3v) is 7.87. The largest absolute Gasteiger partial charge is 0.497 e. The van der Waals surface area contributed by atoms with Gasteiger partial charge in [-0.1, -0.05) is 24.3 Å². The van der Waals surface area contributed by atoms with Gasteiger partial charge in [-0.3, -0.25) is 14.5 Å². The van der Waals surface area contributed by atoms with Gasteiger partial charge in [0.25, 0.3) is 11.8 Å². The summed E-state index contributed by atoms with van der Waals surface area (Å²) in [6.07, 6.45) is 0.560. The van der Waals surface area contributed by atoms with E-state index in [1.165, 1.54) is 28.1 Å². The first-order valence-electron chi connectivity index (χ1n) is 12.9. The molecule has 1 saturated heterocycles. The summed E-state index contributed by atoms with van der Waals surface area (Å²) in [6.45, 7) is 3.52. The van der Waals surface area contributed by atoms with Gasteiger partial charge in [0.2, 0.25) is 0 Å². The Morgan fingerprint density at radius 3 is 2.62 bits per heavy atom. The first-order chi connectivity index (χ1) is 19.0. The Morgan fingerprint density at radius 2 is 1.92 bits per heavy atom. The molecule has 2 aliphatic rings. The lowest BCUT2D eigenvalue weighted by Crippen LogP contribution is -2.46. The molecule has 2 aliphatic heterocycles. The number of halogens is 1.